The third-order valence-corrected chi connectivity index (χ3v) is 4.12. The quantitative estimate of drug-likeness (QED) is 0.778. The Labute approximate surface area is 139 Å². The molecule has 3 N–H and O–H groups in total. The summed E-state index contributed by atoms with van der Waals surface area (Å²) in [5.41, 5.74) is 6.02. The maximum absolute atomic E-state index is 11.5. The summed E-state index contributed by atoms with van der Waals surface area (Å²) >= 11 is 0. The van der Waals surface area contributed by atoms with E-state index in [1.807, 2.05) is 7.05 Å². The summed E-state index contributed by atoms with van der Waals surface area (Å²) in [7, 11) is 3.60. The van der Waals surface area contributed by atoms with Gasteiger partial charge in [0, 0.05) is 44.0 Å². The lowest BCUT2D eigenvalue weighted by Gasteiger charge is -2.24. The molecule has 3 rings (SSSR count). The number of nitrogen functional groups attached to an aromatic ring is 1. The van der Waals surface area contributed by atoms with E-state index in [0.717, 1.165) is 19.5 Å². The van der Waals surface area contributed by atoms with E-state index in [4.69, 9.17) is 10.5 Å². The molecule has 0 saturated carbocycles. The molecule has 24 heavy (non-hydrogen) atoms. The van der Waals surface area contributed by atoms with E-state index in [2.05, 4.69) is 29.7 Å². The Morgan fingerprint density at radius 2 is 2.33 bits per heavy atom. The number of hydrogen-bond donors (Lipinski definition) is 2. The van der Waals surface area contributed by atoms with E-state index < -0.39 is 0 Å². The van der Waals surface area contributed by atoms with Crippen LogP contribution in [0.5, 0.6) is 5.88 Å². The number of anilines is 2. The molecular weight excluding hydrogens is 310 g/mol. The number of nitrogens with one attached hydrogen (secondary N) is 1. The SMILES string of the molecule is COc1ccnc(N2CCC(N(C)Cc3cc(=O)[nH]c(N)n3)C2)n1. The summed E-state index contributed by atoms with van der Waals surface area (Å²) in [5, 5.41) is 0. The number of methoxy groups -OCH3 is 1. The van der Waals surface area contributed by atoms with Crippen molar-refractivity contribution in [3.05, 3.63) is 34.4 Å². The molecule has 0 aromatic carbocycles. The third-order valence-electron chi connectivity index (χ3n) is 4.12. The van der Waals surface area contributed by atoms with Gasteiger partial charge >= 0.3 is 0 Å². The van der Waals surface area contributed by atoms with Gasteiger partial charge in [0.2, 0.25) is 17.8 Å². The van der Waals surface area contributed by atoms with E-state index in [9.17, 15) is 4.79 Å². The van der Waals surface area contributed by atoms with Crippen LogP contribution in [0.2, 0.25) is 0 Å². The van der Waals surface area contributed by atoms with Crippen LogP contribution in [-0.2, 0) is 6.54 Å². The van der Waals surface area contributed by atoms with Crippen molar-refractivity contribution in [1.82, 2.24) is 24.8 Å². The number of likely N-dealkylation sites (N-methyl/N-ethyl adjacent to an activating group) is 1. The second-order valence-electron chi connectivity index (χ2n) is 5.82. The van der Waals surface area contributed by atoms with Crippen LogP contribution in [0.25, 0.3) is 0 Å². The molecule has 0 amide bonds. The maximum Gasteiger partial charge on any atom is 0.252 e. The van der Waals surface area contributed by atoms with Crippen molar-refractivity contribution in [2.24, 2.45) is 0 Å². The number of H-pyrrole nitrogens is 1. The normalized spacial score (nSPS) is 17.5. The fourth-order valence-corrected chi connectivity index (χ4v) is 2.88. The highest BCUT2D eigenvalue weighted by atomic mass is 16.5. The monoisotopic (exact) mass is 331 g/mol. The third kappa shape index (κ3) is 3.62. The van der Waals surface area contributed by atoms with Crippen molar-refractivity contribution in [3.8, 4) is 5.88 Å². The Balaban J connectivity index is 1.65. The number of hydrogen-bond acceptors (Lipinski definition) is 8. The molecule has 0 spiro atoms. The Bertz CT molecular complexity index is 763. The Morgan fingerprint density at radius 3 is 3.08 bits per heavy atom. The zero-order valence-corrected chi connectivity index (χ0v) is 13.8. The largest absolute Gasteiger partial charge is 0.481 e. The molecule has 1 aliphatic heterocycles. The molecule has 0 aliphatic carbocycles. The molecule has 9 nitrogen and oxygen atoms in total. The van der Waals surface area contributed by atoms with E-state index in [-0.39, 0.29) is 11.5 Å². The Morgan fingerprint density at radius 1 is 1.50 bits per heavy atom. The van der Waals surface area contributed by atoms with E-state index >= 15 is 0 Å². The van der Waals surface area contributed by atoms with Crippen molar-refractivity contribution in [3.63, 3.8) is 0 Å². The molecule has 1 fully saturated rings. The first kappa shape index (κ1) is 16.2. The molecule has 1 saturated heterocycles. The van der Waals surface area contributed by atoms with Gasteiger partial charge < -0.3 is 15.4 Å². The first-order valence-electron chi connectivity index (χ1n) is 7.73. The summed E-state index contributed by atoms with van der Waals surface area (Å²) in [6, 6.07) is 3.53. The number of nitrogens with zero attached hydrogens (tertiary/aromatic N) is 5. The lowest BCUT2D eigenvalue weighted by Crippen LogP contribution is -2.35. The predicted molar refractivity (Wildman–Crippen MR) is 89.9 cm³/mol. The molecule has 0 bridgehead atoms. The summed E-state index contributed by atoms with van der Waals surface area (Å²) in [4.78, 5) is 31.1. The predicted octanol–water partition coefficient (Wildman–Crippen LogP) is -0.139. The minimum absolute atomic E-state index is 0.142. The van der Waals surface area contributed by atoms with E-state index in [0.29, 0.717) is 30.1 Å². The fraction of sp³-hybridized carbons (Fsp3) is 0.467. The number of rotatable bonds is 5. The van der Waals surface area contributed by atoms with E-state index in [1.54, 1.807) is 19.4 Å². The fourth-order valence-electron chi connectivity index (χ4n) is 2.88. The molecule has 9 heteroatoms. The molecule has 1 aliphatic rings. The first-order valence-corrected chi connectivity index (χ1v) is 7.73. The van der Waals surface area contributed by atoms with Crippen LogP contribution in [-0.4, -0.2) is 58.1 Å². The molecule has 128 valence electrons. The van der Waals surface area contributed by atoms with Crippen LogP contribution >= 0.6 is 0 Å². The second-order valence-corrected chi connectivity index (χ2v) is 5.82. The van der Waals surface area contributed by atoms with Gasteiger partial charge in [0.1, 0.15) is 0 Å². The van der Waals surface area contributed by atoms with Gasteiger partial charge in [-0.3, -0.25) is 14.7 Å². The van der Waals surface area contributed by atoms with Crippen LogP contribution in [0.3, 0.4) is 0 Å². The Kier molecular flexibility index (Phi) is 4.61. The van der Waals surface area contributed by atoms with Gasteiger partial charge in [0.05, 0.1) is 12.8 Å². The van der Waals surface area contributed by atoms with Gasteiger partial charge in [0.15, 0.2) is 0 Å². The summed E-state index contributed by atoms with van der Waals surface area (Å²) in [6.07, 6.45) is 2.68. The van der Waals surface area contributed by atoms with Crippen LogP contribution < -0.4 is 20.9 Å². The molecular formula is C15H21N7O2. The van der Waals surface area contributed by atoms with Gasteiger partial charge in [-0.1, -0.05) is 0 Å². The van der Waals surface area contributed by atoms with Gasteiger partial charge in [-0.05, 0) is 13.5 Å². The summed E-state index contributed by atoms with van der Waals surface area (Å²) in [5.74, 6) is 1.37. The number of ether oxygens (including phenoxy) is 1. The highest BCUT2D eigenvalue weighted by Crippen LogP contribution is 2.21. The second kappa shape index (κ2) is 6.83. The summed E-state index contributed by atoms with van der Waals surface area (Å²) < 4.78 is 5.15. The first-order chi connectivity index (χ1) is 11.5. The molecule has 1 atom stereocenters. The molecule has 0 radical (unpaired) electrons. The molecule has 1 unspecified atom stereocenters. The van der Waals surface area contributed by atoms with E-state index in [1.165, 1.54) is 6.07 Å². The minimum Gasteiger partial charge on any atom is -0.481 e. The van der Waals surface area contributed by atoms with Crippen molar-refractivity contribution in [2.75, 3.05) is 37.9 Å². The highest BCUT2D eigenvalue weighted by Gasteiger charge is 2.27. The van der Waals surface area contributed by atoms with Crippen LogP contribution in [0.1, 0.15) is 12.1 Å². The standard InChI is InChI=1S/C15H21N7O2/c1-21(8-10-7-12(23)19-14(16)18-10)11-4-6-22(9-11)15-17-5-3-13(20-15)24-2/h3,5,7,11H,4,6,8-9H2,1-2H3,(H3,16,18,19,23). The molecule has 2 aromatic heterocycles. The minimum atomic E-state index is -0.233. The Hall–Kier alpha value is -2.68. The van der Waals surface area contributed by atoms with Gasteiger partial charge in [-0.2, -0.15) is 4.98 Å². The number of aromatic nitrogens is 4. The van der Waals surface area contributed by atoms with Gasteiger partial charge in [0.25, 0.3) is 5.56 Å². The topological polar surface area (TPSA) is 113 Å². The van der Waals surface area contributed by atoms with Crippen LogP contribution in [0, 0.1) is 0 Å². The van der Waals surface area contributed by atoms with Crippen molar-refractivity contribution >= 4 is 11.9 Å². The summed E-state index contributed by atoms with van der Waals surface area (Å²) in [6.45, 7) is 2.24. The zero-order valence-electron chi connectivity index (χ0n) is 13.8. The molecule has 3 heterocycles. The van der Waals surface area contributed by atoms with Crippen LogP contribution in [0.15, 0.2) is 23.1 Å². The van der Waals surface area contributed by atoms with Crippen LogP contribution in [0.4, 0.5) is 11.9 Å². The highest BCUT2D eigenvalue weighted by molar-refractivity contribution is 5.34. The van der Waals surface area contributed by atoms with Crippen molar-refractivity contribution in [2.45, 2.75) is 19.0 Å². The van der Waals surface area contributed by atoms with Gasteiger partial charge in [-0.25, -0.2) is 9.97 Å². The average molecular weight is 331 g/mol. The van der Waals surface area contributed by atoms with Gasteiger partial charge in [-0.15, -0.1) is 0 Å². The lowest BCUT2D eigenvalue weighted by atomic mass is 10.2. The van der Waals surface area contributed by atoms with Crippen molar-refractivity contribution < 1.29 is 4.74 Å². The average Bonchev–Trinajstić information content (AvgIpc) is 3.04. The molecule has 2 aromatic rings. The number of aromatic amines is 1. The van der Waals surface area contributed by atoms with Crippen molar-refractivity contribution in [1.29, 1.82) is 0 Å². The number of nitrogens with two attached hydrogens (primary N) is 1. The maximum atomic E-state index is 11.5. The zero-order chi connectivity index (χ0) is 17.1. The lowest BCUT2D eigenvalue weighted by molar-refractivity contribution is 0.247. The smallest absolute Gasteiger partial charge is 0.252 e.